The van der Waals surface area contributed by atoms with Crippen molar-refractivity contribution < 1.29 is 14.3 Å². The highest BCUT2D eigenvalue weighted by Crippen LogP contribution is 2.27. The van der Waals surface area contributed by atoms with E-state index in [1.807, 2.05) is 51.3 Å². The van der Waals surface area contributed by atoms with E-state index in [4.69, 9.17) is 9.47 Å². The molecule has 0 aliphatic carbocycles. The zero-order chi connectivity index (χ0) is 18.0. The second-order valence-corrected chi connectivity index (χ2v) is 5.71. The smallest absolute Gasteiger partial charge is 0.339 e. The normalized spacial score (nSPS) is 15.3. The first-order valence-electron chi connectivity index (χ1n) is 8.11. The highest BCUT2D eigenvalue weighted by Gasteiger charge is 2.21. The lowest BCUT2D eigenvalue weighted by molar-refractivity contribution is 0.0599. The second kappa shape index (κ2) is 6.84. The Morgan fingerprint density at radius 3 is 2.80 bits per heavy atom. The predicted molar refractivity (Wildman–Crippen MR) is 96.6 cm³/mol. The van der Waals surface area contributed by atoms with Crippen LogP contribution in [0.15, 0.2) is 40.9 Å². The van der Waals surface area contributed by atoms with Gasteiger partial charge in [0.1, 0.15) is 11.5 Å². The monoisotopic (exact) mass is 339 g/mol. The topological polar surface area (TPSA) is 79.5 Å². The maximum Gasteiger partial charge on any atom is 0.339 e. The van der Waals surface area contributed by atoms with Crippen LogP contribution < -0.4 is 0 Å². The Balaban J connectivity index is 2.02. The van der Waals surface area contributed by atoms with Gasteiger partial charge in [0.2, 0.25) is 0 Å². The van der Waals surface area contributed by atoms with Crippen LogP contribution in [0.5, 0.6) is 0 Å². The van der Waals surface area contributed by atoms with Gasteiger partial charge in [-0.25, -0.2) is 9.79 Å². The summed E-state index contributed by atoms with van der Waals surface area (Å²) >= 11 is 0. The Morgan fingerprint density at radius 2 is 2.16 bits per heavy atom. The zero-order valence-electron chi connectivity index (χ0n) is 14.8. The molecule has 0 atom stereocenters. The number of H-pyrrole nitrogens is 2. The maximum atomic E-state index is 11.9. The largest absolute Gasteiger partial charge is 0.492 e. The van der Waals surface area contributed by atoms with Gasteiger partial charge in [0, 0.05) is 23.7 Å². The third-order valence-electron chi connectivity index (χ3n) is 4.08. The number of carbonyl (C=O) groups is 1. The van der Waals surface area contributed by atoms with Gasteiger partial charge in [0.15, 0.2) is 0 Å². The molecule has 0 amide bonds. The van der Waals surface area contributed by atoms with Crippen molar-refractivity contribution in [3.05, 3.63) is 64.1 Å². The molecular formula is C19H21N3O3. The van der Waals surface area contributed by atoms with Gasteiger partial charge in [-0.05, 0) is 44.5 Å². The Labute approximate surface area is 146 Å². The van der Waals surface area contributed by atoms with Crippen molar-refractivity contribution in [3.63, 3.8) is 0 Å². The molecule has 2 aromatic heterocycles. The summed E-state index contributed by atoms with van der Waals surface area (Å²) in [5.41, 5.74) is 5.43. The molecule has 0 spiro atoms. The molecule has 3 rings (SSSR count). The van der Waals surface area contributed by atoms with Crippen molar-refractivity contribution in [2.45, 2.75) is 20.8 Å². The number of hydrogen-bond donors (Lipinski definition) is 2. The van der Waals surface area contributed by atoms with Crippen LogP contribution in [0.25, 0.3) is 6.08 Å². The number of nitrogens with one attached hydrogen (secondary N) is 2. The van der Waals surface area contributed by atoms with Gasteiger partial charge in [-0.2, -0.15) is 0 Å². The summed E-state index contributed by atoms with van der Waals surface area (Å²) in [6.45, 7) is 6.22. The summed E-state index contributed by atoms with van der Waals surface area (Å²) in [6.07, 6.45) is 5.66. The molecule has 25 heavy (non-hydrogen) atoms. The number of aromatic nitrogens is 2. The molecule has 0 saturated heterocycles. The third-order valence-corrected chi connectivity index (χ3v) is 4.08. The first-order chi connectivity index (χ1) is 12.0. The molecule has 3 heterocycles. The summed E-state index contributed by atoms with van der Waals surface area (Å²) < 4.78 is 10.6. The van der Waals surface area contributed by atoms with Crippen LogP contribution in [-0.2, 0) is 9.47 Å². The molecule has 0 aromatic carbocycles. The maximum absolute atomic E-state index is 11.9. The van der Waals surface area contributed by atoms with Gasteiger partial charge in [0.05, 0.1) is 30.7 Å². The minimum absolute atomic E-state index is 0.349. The van der Waals surface area contributed by atoms with Gasteiger partial charge >= 0.3 is 5.97 Å². The Bertz CT molecular complexity index is 883. The molecule has 0 fully saturated rings. The molecular weight excluding hydrogens is 318 g/mol. The quantitative estimate of drug-likeness (QED) is 0.818. The molecule has 2 aromatic rings. The fourth-order valence-electron chi connectivity index (χ4n) is 2.88. The van der Waals surface area contributed by atoms with E-state index in [1.54, 1.807) is 0 Å². The molecule has 0 unspecified atom stereocenters. The summed E-state index contributed by atoms with van der Waals surface area (Å²) in [5.74, 6) is 0.358. The Morgan fingerprint density at radius 1 is 1.36 bits per heavy atom. The fraction of sp³-hybridized carbons (Fsp3) is 0.263. The summed E-state index contributed by atoms with van der Waals surface area (Å²) in [6, 6.07) is 3.89. The SMILES string of the molecule is CCOC1=CC(c2ccc[nH]2)=NC1=Cc1[nH]c(C)c(C(=O)OC)c1C. The van der Waals surface area contributed by atoms with Gasteiger partial charge in [-0.15, -0.1) is 0 Å². The van der Waals surface area contributed by atoms with Crippen molar-refractivity contribution in [1.82, 2.24) is 9.97 Å². The van der Waals surface area contributed by atoms with Crippen molar-refractivity contribution >= 4 is 17.8 Å². The van der Waals surface area contributed by atoms with Crippen LogP contribution in [0.3, 0.4) is 0 Å². The van der Waals surface area contributed by atoms with Crippen LogP contribution in [0.2, 0.25) is 0 Å². The Hall–Kier alpha value is -3.02. The van der Waals surface area contributed by atoms with E-state index in [2.05, 4.69) is 15.0 Å². The number of allylic oxidation sites excluding steroid dienone is 1. The number of aryl methyl sites for hydroxylation is 1. The van der Waals surface area contributed by atoms with Crippen LogP contribution in [0.4, 0.5) is 0 Å². The fourth-order valence-corrected chi connectivity index (χ4v) is 2.88. The molecule has 0 saturated carbocycles. The summed E-state index contributed by atoms with van der Waals surface area (Å²) in [4.78, 5) is 23.0. The van der Waals surface area contributed by atoms with E-state index in [0.717, 1.165) is 28.4 Å². The first kappa shape index (κ1) is 16.8. The van der Waals surface area contributed by atoms with E-state index in [0.29, 0.717) is 23.6 Å². The van der Waals surface area contributed by atoms with Gasteiger partial charge in [0.25, 0.3) is 0 Å². The van der Waals surface area contributed by atoms with Gasteiger partial charge in [-0.3, -0.25) is 0 Å². The van der Waals surface area contributed by atoms with Crippen molar-refractivity contribution in [1.29, 1.82) is 0 Å². The standard InChI is InChI=1S/C19H21N3O3/c1-5-25-17-10-15(13-7-6-8-20-13)22-16(17)9-14-11(2)18(12(3)21-14)19(23)24-4/h6-10,20-21H,5H2,1-4H3. The highest BCUT2D eigenvalue weighted by molar-refractivity contribution is 6.11. The summed E-state index contributed by atoms with van der Waals surface area (Å²) in [5, 5.41) is 0. The van der Waals surface area contributed by atoms with E-state index < -0.39 is 0 Å². The average molecular weight is 339 g/mol. The number of hydrogen-bond acceptors (Lipinski definition) is 4. The first-order valence-corrected chi connectivity index (χ1v) is 8.11. The van der Waals surface area contributed by atoms with E-state index >= 15 is 0 Å². The minimum Gasteiger partial charge on any atom is -0.492 e. The number of carbonyl (C=O) groups excluding carboxylic acids is 1. The lowest BCUT2D eigenvalue weighted by atomic mass is 10.1. The number of rotatable bonds is 5. The molecule has 6 nitrogen and oxygen atoms in total. The van der Waals surface area contributed by atoms with Crippen molar-refractivity contribution in [2.75, 3.05) is 13.7 Å². The van der Waals surface area contributed by atoms with Crippen LogP contribution >= 0.6 is 0 Å². The second-order valence-electron chi connectivity index (χ2n) is 5.71. The number of ether oxygens (including phenoxy) is 2. The molecule has 2 N–H and O–H groups in total. The van der Waals surface area contributed by atoms with E-state index in [-0.39, 0.29) is 5.97 Å². The van der Waals surface area contributed by atoms with Gasteiger partial charge < -0.3 is 19.4 Å². The predicted octanol–water partition coefficient (Wildman–Crippen LogP) is 3.51. The van der Waals surface area contributed by atoms with Gasteiger partial charge in [-0.1, -0.05) is 0 Å². The van der Waals surface area contributed by atoms with E-state index in [9.17, 15) is 4.79 Å². The average Bonchev–Trinajstić information content (AvgIpc) is 3.29. The lowest BCUT2D eigenvalue weighted by Gasteiger charge is -2.04. The lowest BCUT2D eigenvalue weighted by Crippen LogP contribution is -2.03. The van der Waals surface area contributed by atoms with Crippen LogP contribution in [-0.4, -0.2) is 35.4 Å². The third kappa shape index (κ3) is 3.15. The van der Waals surface area contributed by atoms with Crippen LogP contribution in [0, 0.1) is 13.8 Å². The zero-order valence-corrected chi connectivity index (χ0v) is 14.8. The molecule has 130 valence electrons. The molecule has 0 bridgehead atoms. The highest BCUT2D eigenvalue weighted by atomic mass is 16.5. The molecule has 1 aliphatic heterocycles. The Kier molecular flexibility index (Phi) is 4.61. The minimum atomic E-state index is -0.349. The van der Waals surface area contributed by atoms with Crippen molar-refractivity contribution in [2.24, 2.45) is 4.99 Å². The van der Waals surface area contributed by atoms with Crippen LogP contribution in [0.1, 0.15) is 39.9 Å². The van der Waals surface area contributed by atoms with Crippen molar-refractivity contribution in [3.8, 4) is 0 Å². The van der Waals surface area contributed by atoms with E-state index in [1.165, 1.54) is 7.11 Å². The molecule has 0 radical (unpaired) electrons. The molecule has 1 aliphatic rings. The number of nitrogens with zero attached hydrogens (tertiary/aromatic N) is 1. The number of aromatic amines is 2. The number of aliphatic imine (C=N–C) groups is 1. The number of methoxy groups -OCH3 is 1. The molecule has 6 heteroatoms. The number of esters is 1. The summed E-state index contributed by atoms with van der Waals surface area (Å²) in [7, 11) is 1.38.